The first-order valence-corrected chi connectivity index (χ1v) is 8.58. The van der Waals surface area contributed by atoms with Crippen molar-refractivity contribution < 1.29 is 9.21 Å². The van der Waals surface area contributed by atoms with Crippen LogP contribution in [0.25, 0.3) is 10.8 Å². The minimum atomic E-state index is -0.254. The molecule has 0 radical (unpaired) electrons. The van der Waals surface area contributed by atoms with Crippen molar-refractivity contribution in [3.63, 3.8) is 0 Å². The smallest absolute Gasteiger partial charge is 0.276 e. The topological polar surface area (TPSA) is 68.0 Å². The van der Waals surface area contributed by atoms with Gasteiger partial charge in [0.15, 0.2) is 15.9 Å². The number of amides is 1. The van der Waals surface area contributed by atoms with Crippen LogP contribution < -0.4 is 5.32 Å². The lowest BCUT2D eigenvalue weighted by Crippen LogP contribution is -2.12. The number of carbonyl (C=O) groups is 1. The number of anilines is 1. The van der Waals surface area contributed by atoms with E-state index < -0.39 is 0 Å². The van der Waals surface area contributed by atoms with Crippen molar-refractivity contribution in [3.8, 4) is 10.8 Å². The SMILES string of the molecule is Cc1ccc(-c2nc(C(=O)Nc3nc(C(C)C)cs3)cs2)o1. The number of rotatable bonds is 4. The standard InChI is InChI=1S/C15H15N3O2S2/c1-8(2)10-6-22-15(17-10)18-13(19)11-7-21-14(16-11)12-5-4-9(3)20-12/h4-8H,1-3H3,(H,17,18,19). The Morgan fingerprint density at radius 1 is 1.23 bits per heavy atom. The van der Waals surface area contributed by atoms with E-state index in [1.165, 1.54) is 22.7 Å². The molecule has 1 N–H and O–H groups in total. The van der Waals surface area contributed by atoms with E-state index in [-0.39, 0.29) is 5.91 Å². The van der Waals surface area contributed by atoms with Gasteiger partial charge in [-0.1, -0.05) is 13.8 Å². The Labute approximate surface area is 136 Å². The van der Waals surface area contributed by atoms with Crippen LogP contribution in [-0.2, 0) is 0 Å². The second-order valence-corrected chi connectivity index (χ2v) is 6.85. The Morgan fingerprint density at radius 3 is 2.68 bits per heavy atom. The zero-order valence-electron chi connectivity index (χ0n) is 12.4. The summed E-state index contributed by atoms with van der Waals surface area (Å²) in [5, 5.41) is 7.75. The maximum atomic E-state index is 12.2. The number of nitrogens with zero attached hydrogens (tertiary/aromatic N) is 2. The Hall–Kier alpha value is -1.99. The van der Waals surface area contributed by atoms with Crippen LogP contribution in [0.5, 0.6) is 0 Å². The molecule has 1 amide bonds. The van der Waals surface area contributed by atoms with Gasteiger partial charge < -0.3 is 4.42 Å². The fourth-order valence-corrected chi connectivity index (χ4v) is 3.44. The fourth-order valence-electron chi connectivity index (χ4n) is 1.81. The van der Waals surface area contributed by atoms with Gasteiger partial charge in [-0.05, 0) is 25.0 Å². The summed E-state index contributed by atoms with van der Waals surface area (Å²) < 4.78 is 5.52. The molecule has 22 heavy (non-hydrogen) atoms. The zero-order valence-corrected chi connectivity index (χ0v) is 14.0. The van der Waals surface area contributed by atoms with Crippen molar-refractivity contribution in [1.29, 1.82) is 0 Å². The van der Waals surface area contributed by atoms with Crippen molar-refractivity contribution in [2.24, 2.45) is 0 Å². The summed E-state index contributed by atoms with van der Waals surface area (Å²) in [4.78, 5) is 20.9. The molecule has 0 saturated carbocycles. The summed E-state index contributed by atoms with van der Waals surface area (Å²) in [6.07, 6.45) is 0. The van der Waals surface area contributed by atoms with Crippen molar-refractivity contribution in [1.82, 2.24) is 9.97 Å². The number of aromatic nitrogens is 2. The average molecular weight is 333 g/mol. The third-order valence-corrected chi connectivity index (χ3v) is 4.65. The second kappa shape index (κ2) is 6.02. The van der Waals surface area contributed by atoms with E-state index in [0.717, 1.165) is 11.5 Å². The monoisotopic (exact) mass is 333 g/mol. The van der Waals surface area contributed by atoms with Gasteiger partial charge in [-0.25, -0.2) is 9.97 Å². The number of carbonyl (C=O) groups excluding carboxylic acids is 1. The normalized spacial score (nSPS) is 11.1. The van der Waals surface area contributed by atoms with Crippen LogP contribution in [0.15, 0.2) is 27.3 Å². The summed E-state index contributed by atoms with van der Waals surface area (Å²) in [7, 11) is 0. The Bertz CT molecular complexity index is 801. The van der Waals surface area contributed by atoms with E-state index in [9.17, 15) is 4.79 Å². The summed E-state index contributed by atoms with van der Waals surface area (Å²) in [5.74, 6) is 1.59. The first kappa shape index (κ1) is 14.9. The molecule has 0 atom stereocenters. The van der Waals surface area contributed by atoms with E-state index in [1.807, 2.05) is 24.4 Å². The van der Waals surface area contributed by atoms with Gasteiger partial charge in [0.1, 0.15) is 11.5 Å². The van der Waals surface area contributed by atoms with Crippen LogP contribution in [-0.4, -0.2) is 15.9 Å². The highest BCUT2D eigenvalue weighted by Gasteiger charge is 2.15. The molecule has 0 fully saturated rings. The van der Waals surface area contributed by atoms with E-state index in [2.05, 4.69) is 29.1 Å². The predicted molar refractivity (Wildman–Crippen MR) is 88.7 cm³/mol. The molecule has 0 spiro atoms. The van der Waals surface area contributed by atoms with Gasteiger partial charge in [0.25, 0.3) is 5.91 Å². The van der Waals surface area contributed by atoms with Crippen LogP contribution in [0.2, 0.25) is 0 Å². The molecule has 0 aliphatic carbocycles. The minimum absolute atomic E-state index is 0.254. The number of aryl methyl sites for hydroxylation is 1. The molecule has 3 rings (SSSR count). The lowest BCUT2D eigenvalue weighted by Gasteiger charge is -1.99. The van der Waals surface area contributed by atoms with Gasteiger partial charge in [0, 0.05) is 10.8 Å². The number of thiazole rings is 2. The maximum Gasteiger partial charge on any atom is 0.276 e. The predicted octanol–water partition coefficient (Wildman–Crippen LogP) is 4.54. The summed E-state index contributed by atoms with van der Waals surface area (Å²) in [6.45, 7) is 6.01. The third-order valence-electron chi connectivity index (χ3n) is 3.02. The largest absolute Gasteiger partial charge is 0.459 e. The highest BCUT2D eigenvalue weighted by molar-refractivity contribution is 7.14. The molecule has 7 heteroatoms. The van der Waals surface area contributed by atoms with Gasteiger partial charge in [-0.3, -0.25) is 10.1 Å². The van der Waals surface area contributed by atoms with E-state index in [4.69, 9.17) is 4.42 Å². The number of hydrogen-bond donors (Lipinski definition) is 1. The lowest BCUT2D eigenvalue weighted by molar-refractivity contribution is 0.102. The summed E-state index contributed by atoms with van der Waals surface area (Å²) in [6, 6.07) is 3.73. The first-order chi connectivity index (χ1) is 10.5. The van der Waals surface area contributed by atoms with Gasteiger partial charge in [0.2, 0.25) is 0 Å². The van der Waals surface area contributed by atoms with Crippen molar-refractivity contribution in [2.45, 2.75) is 26.7 Å². The van der Waals surface area contributed by atoms with Crippen molar-refractivity contribution in [3.05, 3.63) is 40.0 Å². The third kappa shape index (κ3) is 3.10. The first-order valence-electron chi connectivity index (χ1n) is 6.82. The van der Waals surface area contributed by atoms with Gasteiger partial charge in [-0.2, -0.15) is 0 Å². The van der Waals surface area contributed by atoms with Crippen LogP contribution in [0.3, 0.4) is 0 Å². The van der Waals surface area contributed by atoms with E-state index in [0.29, 0.717) is 27.5 Å². The molecule has 0 saturated heterocycles. The fraction of sp³-hybridized carbons (Fsp3) is 0.267. The molecule has 0 unspecified atom stereocenters. The zero-order chi connectivity index (χ0) is 15.7. The Balaban J connectivity index is 1.73. The molecular formula is C15H15N3O2S2. The quantitative estimate of drug-likeness (QED) is 0.761. The molecular weight excluding hydrogens is 318 g/mol. The van der Waals surface area contributed by atoms with E-state index in [1.54, 1.807) is 5.38 Å². The van der Waals surface area contributed by atoms with Crippen LogP contribution >= 0.6 is 22.7 Å². The van der Waals surface area contributed by atoms with Crippen molar-refractivity contribution >= 4 is 33.7 Å². The Kier molecular flexibility index (Phi) is 4.08. The van der Waals surface area contributed by atoms with E-state index >= 15 is 0 Å². The second-order valence-electron chi connectivity index (χ2n) is 5.13. The maximum absolute atomic E-state index is 12.2. The number of nitrogens with one attached hydrogen (secondary N) is 1. The molecule has 0 bridgehead atoms. The molecule has 0 aromatic carbocycles. The molecule has 3 aromatic rings. The molecule has 3 aromatic heterocycles. The Morgan fingerprint density at radius 2 is 2.05 bits per heavy atom. The van der Waals surface area contributed by atoms with Crippen LogP contribution in [0, 0.1) is 6.92 Å². The number of furan rings is 1. The lowest BCUT2D eigenvalue weighted by atomic mass is 10.2. The molecule has 5 nitrogen and oxygen atoms in total. The minimum Gasteiger partial charge on any atom is -0.459 e. The van der Waals surface area contributed by atoms with Gasteiger partial charge in [0.05, 0.1) is 5.69 Å². The van der Waals surface area contributed by atoms with Gasteiger partial charge >= 0.3 is 0 Å². The highest BCUT2D eigenvalue weighted by atomic mass is 32.1. The highest BCUT2D eigenvalue weighted by Crippen LogP contribution is 2.26. The molecule has 3 heterocycles. The summed E-state index contributed by atoms with van der Waals surface area (Å²) in [5.41, 5.74) is 1.35. The molecule has 0 aliphatic rings. The molecule has 0 aliphatic heterocycles. The number of hydrogen-bond acceptors (Lipinski definition) is 6. The van der Waals surface area contributed by atoms with Crippen molar-refractivity contribution in [2.75, 3.05) is 5.32 Å². The average Bonchev–Trinajstić information content (AvgIpc) is 3.16. The molecule has 114 valence electrons. The van der Waals surface area contributed by atoms with Crippen LogP contribution in [0.1, 0.15) is 41.7 Å². The van der Waals surface area contributed by atoms with Gasteiger partial charge in [-0.15, -0.1) is 22.7 Å². The summed E-state index contributed by atoms with van der Waals surface area (Å²) >= 11 is 2.80. The van der Waals surface area contributed by atoms with Crippen LogP contribution in [0.4, 0.5) is 5.13 Å².